The Labute approximate surface area is 94.0 Å². The first kappa shape index (κ1) is 9.17. The predicted molar refractivity (Wildman–Crippen MR) is 61.2 cm³/mol. The number of nitrogens with zero attached hydrogens (tertiary/aromatic N) is 3. The van der Waals surface area contributed by atoms with Crippen molar-refractivity contribution < 1.29 is 4.79 Å². The molecule has 2 heterocycles. The number of carbonyl (C=O) groups is 1. The van der Waals surface area contributed by atoms with Crippen LogP contribution in [0, 0.1) is 0 Å². The quantitative estimate of drug-likeness (QED) is 0.683. The van der Waals surface area contributed by atoms with Crippen LogP contribution in [0.25, 0.3) is 21.3 Å². The number of benzene rings is 1. The second kappa shape index (κ2) is 3.21. The first-order valence-corrected chi connectivity index (χ1v) is 5.42. The molecule has 0 fully saturated rings. The zero-order valence-corrected chi connectivity index (χ0v) is 8.86. The molecule has 16 heavy (non-hydrogen) atoms. The number of amides is 1. The number of nitrogens with two attached hydrogens (primary N) is 1. The molecule has 3 aromatic rings. The predicted octanol–water partition coefficient (Wildman–Crippen LogP) is 1.34. The van der Waals surface area contributed by atoms with Gasteiger partial charge in [0.1, 0.15) is 11.2 Å². The summed E-state index contributed by atoms with van der Waals surface area (Å²) in [4.78, 5) is 23.5. The fourth-order valence-electron chi connectivity index (χ4n) is 1.52. The molecular formula is C10H6N4OS. The van der Waals surface area contributed by atoms with E-state index in [0.717, 1.165) is 15.7 Å². The molecule has 6 heteroatoms. The minimum absolute atomic E-state index is 0.177. The Morgan fingerprint density at radius 2 is 2.06 bits per heavy atom. The van der Waals surface area contributed by atoms with Crippen LogP contribution in [0.5, 0.6) is 0 Å². The van der Waals surface area contributed by atoms with Gasteiger partial charge in [-0.3, -0.25) is 9.78 Å². The summed E-state index contributed by atoms with van der Waals surface area (Å²) in [6.45, 7) is 0. The SMILES string of the molecule is NC(=O)c1cnc2c(ccc3ncsc32)n1. The highest BCUT2D eigenvalue weighted by atomic mass is 32.1. The van der Waals surface area contributed by atoms with Crippen LogP contribution in [-0.4, -0.2) is 20.9 Å². The minimum atomic E-state index is -0.571. The highest BCUT2D eigenvalue weighted by Crippen LogP contribution is 2.25. The van der Waals surface area contributed by atoms with Crippen LogP contribution >= 0.6 is 11.3 Å². The van der Waals surface area contributed by atoms with E-state index in [4.69, 9.17) is 5.73 Å². The number of fused-ring (bicyclic) bond motifs is 3. The van der Waals surface area contributed by atoms with Crippen molar-refractivity contribution in [1.82, 2.24) is 15.0 Å². The number of aromatic nitrogens is 3. The third-order valence-corrected chi connectivity index (χ3v) is 3.11. The van der Waals surface area contributed by atoms with E-state index in [2.05, 4.69) is 15.0 Å². The lowest BCUT2D eigenvalue weighted by Gasteiger charge is -1.99. The van der Waals surface area contributed by atoms with Gasteiger partial charge in [-0.25, -0.2) is 9.97 Å². The Morgan fingerprint density at radius 1 is 1.25 bits per heavy atom. The second-order valence-electron chi connectivity index (χ2n) is 3.25. The van der Waals surface area contributed by atoms with Gasteiger partial charge in [-0.05, 0) is 12.1 Å². The zero-order chi connectivity index (χ0) is 11.1. The lowest BCUT2D eigenvalue weighted by Crippen LogP contribution is -2.13. The molecule has 5 nitrogen and oxygen atoms in total. The number of thiazole rings is 1. The van der Waals surface area contributed by atoms with Crippen molar-refractivity contribution in [3.8, 4) is 0 Å². The highest BCUT2D eigenvalue weighted by Gasteiger charge is 2.08. The second-order valence-corrected chi connectivity index (χ2v) is 4.11. The first-order valence-electron chi connectivity index (χ1n) is 4.54. The molecule has 2 N–H and O–H groups in total. The van der Waals surface area contributed by atoms with E-state index >= 15 is 0 Å². The molecule has 0 saturated carbocycles. The van der Waals surface area contributed by atoms with E-state index in [1.54, 1.807) is 11.6 Å². The number of rotatable bonds is 1. The molecule has 0 aliphatic carbocycles. The molecule has 0 bridgehead atoms. The van der Waals surface area contributed by atoms with Crippen molar-refractivity contribution in [2.24, 2.45) is 5.73 Å². The molecule has 1 amide bonds. The number of carbonyl (C=O) groups excluding carboxylic acids is 1. The molecule has 0 aliphatic heterocycles. The van der Waals surface area contributed by atoms with Crippen LogP contribution in [0.2, 0.25) is 0 Å². The van der Waals surface area contributed by atoms with Gasteiger partial charge in [0, 0.05) is 0 Å². The normalized spacial score (nSPS) is 11.0. The average molecular weight is 230 g/mol. The van der Waals surface area contributed by atoms with Crippen molar-refractivity contribution in [1.29, 1.82) is 0 Å². The van der Waals surface area contributed by atoms with Crippen LogP contribution in [-0.2, 0) is 0 Å². The summed E-state index contributed by atoms with van der Waals surface area (Å²) < 4.78 is 0.973. The molecule has 0 atom stereocenters. The van der Waals surface area contributed by atoms with Gasteiger partial charge >= 0.3 is 0 Å². The van der Waals surface area contributed by atoms with Crippen LogP contribution in [0.1, 0.15) is 10.5 Å². The van der Waals surface area contributed by atoms with Gasteiger partial charge in [0.15, 0.2) is 0 Å². The molecule has 0 spiro atoms. The third-order valence-electron chi connectivity index (χ3n) is 2.26. The molecule has 3 rings (SSSR count). The molecule has 78 valence electrons. The molecule has 2 aromatic heterocycles. The minimum Gasteiger partial charge on any atom is -0.364 e. The third kappa shape index (κ3) is 1.24. The maximum absolute atomic E-state index is 11.0. The van der Waals surface area contributed by atoms with E-state index in [1.807, 2.05) is 6.07 Å². The largest absolute Gasteiger partial charge is 0.364 e. The zero-order valence-electron chi connectivity index (χ0n) is 8.04. The monoisotopic (exact) mass is 230 g/mol. The van der Waals surface area contributed by atoms with Crippen LogP contribution < -0.4 is 5.73 Å². The van der Waals surface area contributed by atoms with Gasteiger partial charge in [0.2, 0.25) is 0 Å². The van der Waals surface area contributed by atoms with Crippen molar-refractivity contribution in [3.63, 3.8) is 0 Å². The van der Waals surface area contributed by atoms with E-state index in [9.17, 15) is 4.79 Å². The van der Waals surface area contributed by atoms with E-state index < -0.39 is 5.91 Å². The summed E-state index contributed by atoms with van der Waals surface area (Å²) in [6, 6.07) is 3.64. The molecule has 0 unspecified atom stereocenters. The van der Waals surface area contributed by atoms with Crippen LogP contribution in [0.15, 0.2) is 23.8 Å². The fourth-order valence-corrected chi connectivity index (χ4v) is 2.30. The van der Waals surface area contributed by atoms with Gasteiger partial charge in [-0.2, -0.15) is 0 Å². The summed E-state index contributed by atoms with van der Waals surface area (Å²) in [5.41, 5.74) is 9.38. The number of hydrogen-bond donors (Lipinski definition) is 1. The molecular weight excluding hydrogens is 224 g/mol. The van der Waals surface area contributed by atoms with E-state index in [0.29, 0.717) is 5.52 Å². The lowest BCUT2D eigenvalue weighted by molar-refractivity contribution is 0.0995. The van der Waals surface area contributed by atoms with Crippen molar-refractivity contribution in [3.05, 3.63) is 29.5 Å². The van der Waals surface area contributed by atoms with Crippen molar-refractivity contribution in [2.45, 2.75) is 0 Å². The maximum atomic E-state index is 11.0. The summed E-state index contributed by atoms with van der Waals surface area (Å²) >= 11 is 1.50. The van der Waals surface area contributed by atoms with Crippen LogP contribution in [0.4, 0.5) is 0 Å². The fraction of sp³-hybridized carbons (Fsp3) is 0. The summed E-state index contributed by atoms with van der Waals surface area (Å²) in [5.74, 6) is -0.571. The summed E-state index contributed by atoms with van der Waals surface area (Å²) in [6.07, 6.45) is 1.39. The number of primary amides is 1. The molecule has 0 aliphatic rings. The highest BCUT2D eigenvalue weighted by molar-refractivity contribution is 7.17. The maximum Gasteiger partial charge on any atom is 0.268 e. The van der Waals surface area contributed by atoms with Gasteiger partial charge in [0.05, 0.1) is 27.4 Å². The average Bonchev–Trinajstić information content (AvgIpc) is 2.76. The Morgan fingerprint density at radius 3 is 2.88 bits per heavy atom. The topological polar surface area (TPSA) is 81.8 Å². The first-order chi connectivity index (χ1) is 7.75. The van der Waals surface area contributed by atoms with E-state index in [1.165, 1.54) is 17.5 Å². The van der Waals surface area contributed by atoms with Crippen molar-refractivity contribution in [2.75, 3.05) is 0 Å². The van der Waals surface area contributed by atoms with Crippen LogP contribution in [0.3, 0.4) is 0 Å². The Kier molecular flexibility index (Phi) is 1.84. The van der Waals surface area contributed by atoms with Crippen molar-refractivity contribution >= 4 is 38.5 Å². The van der Waals surface area contributed by atoms with Gasteiger partial charge in [0.25, 0.3) is 5.91 Å². The van der Waals surface area contributed by atoms with Gasteiger partial charge in [-0.15, -0.1) is 11.3 Å². The van der Waals surface area contributed by atoms with Gasteiger partial charge < -0.3 is 5.73 Å². The molecule has 0 radical (unpaired) electrons. The van der Waals surface area contributed by atoms with E-state index in [-0.39, 0.29) is 5.69 Å². The lowest BCUT2D eigenvalue weighted by atomic mass is 10.2. The molecule has 1 aromatic carbocycles. The molecule has 0 saturated heterocycles. The van der Waals surface area contributed by atoms with Gasteiger partial charge in [-0.1, -0.05) is 0 Å². The Bertz CT molecular complexity index is 706. The smallest absolute Gasteiger partial charge is 0.268 e. The number of hydrogen-bond acceptors (Lipinski definition) is 5. The summed E-state index contributed by atoms with van der Waals surface area (Å²) in [7, 11) is 0. The standard InChI is InChI=1S/C10H6N4OS/c11-10(15)7-3-12-8-5(14-7)1-2-6-9(8)16-4-13-6/h1-4H,(H2,11,15). The Balaban J connectivity index is 2.41. The summed E-state index contributed by atoms with van der Waals surface area (Å²) in [5, 5.41) is 0. The Hall–Kier alpha value is -2.08.